The number of hydrogen-bond acceptors (Lipinski definition) is 3. The standard InChI is InChI=1S/C17H26N2O/c1-13-7-9-17(12-18,16-6-4-3-5-15(13)16)19(2)14-8-10-20-11-14/h3-6,13-14H,7-12,18H2,1-2H3. The lowest BCUT2D eigenvalue weighted by atomic mass is 9.71. The zero-order valence-corrected chi connectivity index (χ0v) is 12.6. The summed E-state index contributed by atoms with van der Waals surface area (Å²) in [6.07, 6.45) is 3.48. The van der Waals surface area contributed by atoms with E-state index in [1.807, 2.05) is 0 Å². The normalized spacial score (nSPS) is 33.4. The van der Waals surface area contributed by atoms with E-state index in [-0.39, 0.29) is 5.54 Å². The van der Waals surface area contributed by atoms with Crippen LogP contribution >= 0.6 is 0 Å². The van der Waals surface area contributed by atoms with Crippen LogP contribution in [0.2, 0.25) is 0 Å². The fraction of sp³-hybridized carbons (Fsp3) is 0.647. The van der Waals surface area contributed by atoms with Crippen LogP contribution in [0.5, 0.6) is 0 Å². The molecule has 2 N–H and O–H groups in total. The van der Waals surface area contributed by atoms with Crippen LogP contribution in [0, 0.1) is 0 Å². The molecular weight excluding hydrogens is 248 g/mol. The number of fused-ring (bicyclic) bond motifs is 1. The van der Waals surface area contributed by atoms with Crippen LogP contribution in [-0.4, -0.2) is 37.7 Å². The molecule has 3 nitrogen and oxygen atoms in total. The van der Waals surface area contributed by atoms with Crippen molar-refractivity contribution in [1.29, 1.82) is 0 Å². The molecule has 0 spiro atoms. The summed E-state index contributed by atoms with van der Waals surface area (Å²) in [6.45, 7) is 4.74. The van der Waals surface area contributed by atoms with Gasteiger partial charge in [-0.2, -0.15) is 0 Å². The third kappa shape index (κ3) is 2.09. The topological polar surface area (TPSA) is 38.5 Å². The Morgan fingerprint density at radius 3 is 2.85 bits per heavy atom. The van der Waals surface area contributed by atoms with Gasteiger partial charge in [0.1, 0.15) is 0 Å². The number of nitrogens with two attached hydrogens (primary N) is 1. The van der Waals surface area contributed by atoms with E-state index in [9.17, 15) is 0 Å². The Balaban J connectivity index is 2.02. The predicted octanol–water partition coefficient (Wildman–Crippen LogP) is 2.46. The Labute approximate surface area is 122 Å². The highest BCUT2D eigenvalue weighted by atomic mass is 16.5. The van der Waals surface area contributed by atoms with Crippen molar-refractivity contribution in [1.82, 2.24) is 4.90 Å². The summed E-state index contributed by atoms with van der Waals surface area (Å²) in [6, 6.07) is 9.37. The van der Waals surface area contributed by atoms with Gasteiger partial charge >= 0.3 is 0 Å². The van der Waals surface area contributed by atoms with E-state index < -0.39 is 0 Å². The van der Waals surface area contributed by atoms with E-state index >= 15 is 0 Å². The van der Waals surface area contributed by atoms with Gasteiger partial charge in [0.05, 0.1) is 12.1 Å². The molecule has 3 atom stereocenters. The summed E-state index contributed by atoms with van der Waals surface area (Å²) in [4.78, 5) is 2.50. The van der Waals surface area contributed by atoms with Crippen LogP contribution in [0.15, 0.2) is 24.3 Å². The minimum atomic E-state index is -0.0124. The van der Waals surface area contributed by atoms with Crippen LogP contribution in [0.1, 0.15) is 43.2 Å². The SMILES string of the molecule is CC1CCC(CN)(N(C)C2CCOC2)c2ccccc21. The van der Waals surface area contributed by atoms with Gasteiger partial charge in [0.25, 0.3) is 0 Å². The molecule has 3 heteroatoms. The third-order valence-electron chi connectivity index (χ3n) is 5.45. The molecule has 1 fully saturated rings. The Bertz CT molecular complexity index is 470. The molecule has 20 heavy (non-hydrogen) atoms. The van der Waals surface area contributed by atoms with Gasteiger partial charge < -0.3 is 10.5 Å². The van der Waals surface area contributed by atoms with Crippen LogP contribution in [-0.2, 0) is 10.3 Å². The summed E-state index contributed by atoms with van der Waals surface area (Å²) in [5, 5.41) is 0. The second kappa shape index (κ2) is 5.47. The van der Waals surface area contributed by atoms with Crippen LogP contribution in [0.25, 0.3) is 0 Å². The van der Waals surface area contributed by atoms with Crippen molar-refractivity contribution in [3.05, 3.63) is 35.4 Å². The Morgan fingerprint density at radius 2 is 2.15 bits per heavy atom. The molecule has 2 aliphatic rings. The maximum atomic E-state index is 6.28. The molecule has 1 aliphatic carbocycles. The van der Waals surface area contributed by atoms with Crippen LogP contribution in [0.3, 0.4) is 0 Å². The highest BCUT2D eigenvalue weighted by molar-refractivity contribution is 5.39. The molecular formula is C17H26N2O. The highest BCUT2D eigenvalue weighted by Gasteiger charge is 2.43. The first-order valence-electron chi connectivity index (χ1n) is 7.79. The maximum absolute atomic E-state index is 6.28. The molecule has 0 aromatic heterocycles. The smallest absolute Gasteiger partial charge is 0.0622 e. The molecule has 3 rings (SSSR count). The summed E-state index contributed by atoms with van der Waals surface area (Å²) in [5.74, 6) is 0.638. The Kier molecular flexibility index (Phi) is 3.85. The molecule has 1 heterocycles. The van der Waals surface area contributed by atoms with Crippen LogP contribution < -0.4 is 5.73 Å². The zero-order valence-electron chi connectivity index (χ0n) is 12.6. The first-order valence-corrected chi connectivity index (χ1v) is 7.79. The van der Waals surface area contributed by atoms with E-state index in [0.717, 1.165) is 26.1 Å². The third-order valence-corrected chi connectivity index (χ3v) is 5.45. The fourth-order valence-corrected chi connectivity index (χ4v) is 4.00. The summed E-state index contributed by atoms with van der Waals surface area (Å²) in [7, 11) is 2.24. The summed E-state index contributed by atoms with van der Waals surface area (Å²) in [5.41, 5.74) is 9.19. The molecule has 0 amide bonds. The van der Waals surface area contributed by atoms with Gasteiger partial charge in [0.15, 0.2) is 0 Å². The van der Waals surface area contributed by atoms with Gasteiger partial charge in [-0.3, -0.25) is 4.90 Å². The lowest BCUT2D eigenvalue weighted by molar-refractivity contribution is 0.0476. The minimum absolute atomic E-state index is 0.0124. The molecule has 1 saturated heterocycles. The molecule has 0 bridgehead atoms. The van der Waals surface area contributed by atoms with Crippen LogP contribution in [0.4, 0.5) is 0 Å². The molecule has 0 saturated carbocycles. The van der Waals surface area contributed by atoms with Crippen molar-refractivity contribution >= 4 is 0 Å². The van der Waals surface area contributed by atoms with E-state index in [1.165, 1.54) is 17.5 Å². The fourth-order valence-electron chi connectivity index (χ4n) is 4.00. The first kappa shape index (κ1) is 14.1. The predicted molar refractivity (Wildman–Crippen MR) is 81.8 cm³/mol. The number of benzene rings is 1. The Hall–Kier alpha value is -0.900. The van der Waals surface area contributed by atoms with Crippen molar-refractivity contribution in [2.24, 2.45) is 5.73 Å². The van der Waals surface area contributed by atoms with Crippen molar-refractivity contribution in [2.75, 3.05) is 26.8 Å². The second-order valence-corrected chi connectivity index (χ2v) is 6.39. The van der Waals surface area contributed by atoms with Gasteiger partial charge in [-0.1, -0.05) is 31.2 Å². The van der Waals surface area contributed by atoms with Gasteiger partial charge in [-0.05, 0) is 43.4 Å². The van der Waals surface area contributed by atoms with Gasteiger partial charge in [0.2, 0.25) is 0 Å². The van der Waals surface area contributed by atoms with Gasteiger partial charge in [0, 0.05) is 19.2 Å². The summed E-state index contributed by atoms with van der Waals surface area (Å²) < 4.78 is 5.59. The molecule has 1 aromatic carbocycles. The molecule has 3 unspecified atom stereocenters. The van der Waals surface area contributed by atoms with Gasteiger partial charge in [-0.15, -0.1) is 0 Å². The second-order valence-electron chi connectivity index (χ2n) is 6.39. The largest absolute Gasteiger partial charge is 0.380 e. The lowest BCUT2D eigenvalue weighted by Crippen LogP contribution is -2.55. The van der Waals surface area contributed by atoms with Crippen molar-refractivity contribution in [3.63, 3.8) is 0 Å². The lowest BCUT2D eigenvalue weighted by Gasteiger charge is -2.49. The highest BCUT2D eigenvalue weighted by Crippen LogP contribution is 2.45. The van der Waals surface area contributed by atoms with Crippen molar-refractivity contribution in [3.8, 4) is 0 Å². The molecule has 1 aliphatic heterocycles. The summed E-state index contributed by atoms with van der Waals surface area (Å²) >= 11 is 0. The minimum Gasteiger partial charge on any atom is -0.380 e. The monoisotopic (exact) mass is 274 g/mol. The van der Waals surface area contributed by atoms with E-state index in [0.29, 0.717) is 18.5 Å². The van der Waals surface area contributed by atoms with Crippen molar-refractivity contribution in [2.45, 2.75) is 43.7 Å². The number of rotatable bonds is 3. The van der Waals surface area contributed by atoms with Gasteiger partial charge in [-0.25, -0.2) is 0 Å². The zero-order chi connectivity index (χ0) is 14.2. The maximum Gasteiger partial charge on any atom is 0.0622 e. The molecule has 1 aromatic rings. The van der Waals surface area contributed by atoms with E-state index in [4.69, 9.17) is 10.5 Å². The van der Waals surface area contributed by atoms with Crippen molar-refractivity contribution < 1.29 is 4.74 Å². The molecule has 110 valence electrons. The van der Waals surface area contributed by atoms with E-state index in [1.54, 1.807) is 0 Å². The Morgan fingerprint density at radius 1 is 1.35 bits per heavy atom. The average molecular weight is 274 g/mol. The first-order chi connectivity index (χ1) is 9.69. The van der Waals surface area contributed by atoms with E-state index in [2.05, 4.69) is 43.1 Å². The number of ether oxygens (including phenoxy) is 1. The quantitative estimate of drug-likeness (QED) is 0.920. The average Bonchev–Trinajstić information content (AvgIpc) is 3.02. The number of likely N-dealkylation sites (N-methyl/N-ethyl adjacent to an activating group) is 1. The number of nitrogens with zero attached hydrogens (tertiary/aromatic N) is 1. The molecule has 0 radical (unpaired) electrons. The number of hydrogen-bond donors (Lipinski definition) is 1.